The maximum absolute atomic E-state index is 12.8. The van der Waals surface area contributed by atoms with Gasteiger partial charge in [0.25, 0.3) is 5.69 Å². The lowest BCUT2D eigenvalue weighted by Gasteiger charge is -2.19. The molecule has 92 valence electrons. The quantitative estimate of drug-likeness (QED) is 0.591. The first-order valence-electron chi connectivity index (χ1n) is 5.10. The van der Waals surface area contributed by atoms with Gasteiger partial charge in [0.05, 0.1) is 10.3 Å². The molecule has 0 bridgehead atoms. The number of hydrogen-bond acceptors (Lipinski definition) is 2. The first-order chi connectivity index (χ1) is 7.78. The van der Waals surface area contributed by atoms with E-state index < -0.39 is 16.5 Å². The zero-order valence-corrected chi connectivity index (χ0v) is 9.04. The van der Waals surface area contributed by atoms with Crippen molar-refractivity contribution >= 4 is 5.69 Å². The molecule has 0 heterocycles. The fourth-order valence-electron chi connectivity index (χ4n) is 1.96. The molecule has 1 aromatic carbocycles. The van der Waals surface area contributed by atoms with E-state index in [1.807, 2.05) is 0 Å². The summed E-state index contributed by atoms with van der Waals surface area (Å²) in [7, 11) is 0. The van der Waals surface area contributed by atoms with Crippen LogP contribution in [0, 0.1) is 17.0 Å². The van der Waals surface area contributed by atoms with Gasteiger partial charge < -0.3 is 0 Å². The van der Waals surface area contributed by atoms with Crippen LogP contribution in [0.1, 0.15) is 24.0 Å². The van der Waals surface area contributed by atoms with Crippen LogP contribution < -0.4 is 0 Å². The molecule has 17 heavy (non-hydrogen) atoms. The van der Waals surface area contributed by atoms with Gasteiger partial charge in [-0.2, -0.15) is 13.2 Å². The molecule has 0 aliphatic heterocycles. The third-order valence-electron chi connectivity index (χ3n) is 3.25. The molecule has 3 nitrogen and oxygen atoms in total. The number of hydrogen-bond donors (Lipinski definition) is 0. The Hall–Kier alpha value is -1.59. The molecule has 0 unspecified atom stereocenters. The Morgan fingerprint density at radius 3 is 2.35 bits per heavy atom. The average Bonchev–Trinajstić information content (AvgIpc) is 2.97. The predicted octanol–water partition coefficient (Wildman–Crippen LogP) is 3.50. The summed E-state index contributed by atoms with van der Waals surface area (Å²) < 4.78 is 38.5. The summed E-state index contributed by atoms with van der Waals surface area (Å²) in [5.74, 6) is 0. The molecule has 0 atom stereocenters. The van der Waals surface area contributed by atoms with Crippen molar-refractivity contribution in [2.45, 2.75) is 31.4 Å². The Morgan fingerprint density at radius 1 is 1.35 bits per heavy atom. The molecular weight excluding hydrogens is 235 g/mol. The standard InChI is InChI=1S/C11H10F3NO2/c1-7-2-3-8(6-9(7)15(16)17)10(4-5-10)11(12,13)14/h2-3,6H,4-5H2,1H3. The second-order valence-corrected chi connectivity index (χ2v) is 4.34. The van der Waals surface area contributed by atoms with Crippen LogP contribution in [0.5, 0.6) is 0 Å². The topological polar surface area (TPSA) is 43.1 Å². The lowest BCUT2D eigenvalue weighted by atomic mass is 9.94. The molecule has 0 aromatic heterocycles. The summed E-state index contributed by atoms with van der Waals surface area (Å²) in [5.41, 5.74) is -1.73. The number of nitro benzene ring substituents is 1. The van der Waals surface area contributed by atoms with Crippen LogP contribution in [-0.2, 0) is 5.41 Å². The smallest absolute Gasteiger partial charge is 0.258 e. The highest BCUT2D eigenvalue weighted by Crippen LogP contribution is 2.59. The van der Waals surface area contributed by atoms with E-state index in [1.165, 1.54) is 19.1 Å². The number of halogens is 3. The molecule has 0 saturated heterocycles. The van der Waals surface area contributed by atoms with Gasteiger partial charge in [0.2, 0.25) is 0 Å². The number of nitro groups is 1. The molecule has 0 radical (unpaired) electrons. The second-order valence-electron chi connectivity index (χ2n) is 4.34. The number of benzene rings is 1. The molecule has 0 amide bonds. The van der Waals surface area contributed by atoms with Gasteiger partial charge in [0.15, 0.2) is 0 Å². The fourth-order valence-corrected chi connectivity index (χ4v) is 1.96. The summed E-state index contributed by atoms with van der Waals surface area (Å²) in [6, 6.07) is 3.76. The van der Waals surface area contributed by atoms with Crippen LogP contribution in [0.3, 0.4) is 0 Å². The maximum Gasteiger partial charge on any atom is 0.398 e. The molecule has 1 aliphatic rings. The SMILES string of the molecule is Cc1ccc(C2(C(F)(F)F)CC2)cc1[N+](=O)[O-]. The van der Waals surface area contributed by atoms with Gasteiger partial charge in [-0.05, 0) is 25.3 Å². The van der Waals surface area contributed by atoms with E-state index in [9.17, 15) is 23.3 Å². The van der Waals surface area contributed by atoms with Gasteiger partial charge in [-0.15, -0.1) is 0 Å². The summed E-state index contributed by atoms with van der Waals surface area (Å²) in [6.07, 6.45) is -4.32. The monoisotopic (exact) mass is 245 g/mol. The van der Waals surface area contributed by atoms with Crippen molar-refractivity contribution in [3.05, 3.63) is 39.4 Å². The fraction of sp³-hybridized carbons (Fsp3) is 0.455. The van der Waals surface area contributed by atoms with Crippen LogP contribution in [0.25, 0.3) is 0 Å². The number of nitrogens with zero attached hydrogens (tertiary/aromatic N) is 1. The van der Waals surface area contributed by atoms with E-state index in [-0.39, 0.29) is 24.1 Å². The second kappa shape index (κ2) is 3.45. The number of alkyl halides is 3. The summed E-state index contributed by atoms with van der Waals surface area (Å²) >= 11 is 0. The lowest BCUT2D eigenvalue weighted by Crippen LogP contribution is -2.28. The zero-order valence-electron chi connectivity index (χ0n) is 9.04. The highest BCUT2D eigenvalue weighted by molar-refractivity contribution is 5.47. The van der Waals surface area contributed by atoms with E-state index >= 15 is 0 Å². The zero-order chi connectivity index (χ0) is 12.8. The van der Waals surface area contributed by atoms with Gasteiger partial charge in [0, 0.05) is 11.6 Å². The van der Waals surface area contributed by atoms with Crippen LogP contribution in [0.15, 0.2) is 18.2 Å². The van der Waals surface area contributed by atoms with Gasteiger partial charge in [0.1, 0.15) is 0 Å². The molecule has 1 fully saturated rings. The van der Waals surface area contributed by atoms with E-state index in [0.717, 1.165) is 6.07 Å². The molecule has 6 heteroatoms. The minimum absolute atomic E-state index is 0.00213. The van der Waals surface area contributed by atoms with E-state index in [1.54, 1.807) is 0 Å². The highest BCUT2D eigenvalue weighted by Gasteiger charge is 2.64. The van der Waals surface area contributed by atoms with Crippen molar-refractivity contribution in [1.29, 1.82) is 0 Å². The van der Waals surface area contributed by atoms with Crippen molar-refractivity contribution in [2.24, 2.45) is 0 Å². The summed E-state index contributed by atoms with van der Waals surface area (Å²) in [6.45, 7) is 1.51. The number of rotatable bonds is 2. The van der Waals surface area contributed by atoms with E-state index in [4.69, 9.17) is 0 Å². The summed E-state index contributed by atoms with van der Waals surface area (Å²) in [5, 5.41) is 10.7. The first-order valence-corrected chi connectivity index (χ1v) is 5.10. The van der Waals surface area contributed by atoms with Crippen molar-refractivity contribution in [3.8, 4) is 0 Å². The van der Waals surface area contributed by atoms with Crippen molar-refractivity contribution in [2.75, 3.05) is 0 Å². The average molecular weight is 245 g/mol. The van der Waals surface area contributed by atoms with Crippen LogP contribution in [-0.4, -0.2) is 11.1 Å². The minimum atomic E-state index is -4.34. The molecule has 1 aromatic rings. The molecule has 0 N–H and O–H groups in total. The number of aryl methyl sites for hydroxylation is 1. The van der Waals surface area contributed by atoms with Crippen molar-refractivity contribution in [1.82, 2.24) is 0 Å². The van der Waals surface area contributed by atoms with Gasteiger partial charge in [-0.1, -0.05) is 12.1 Å². The third kappa shape index (κ3) is 1.77. The Labute approximate surface area is 95.4 Å². The van der Waals surface area contributed by atoms with Crippen molar-refractivity contribution in [3.63, 3.8) is 0 Å². The third-order valence-corrected chi connectivity index (χ3v) is 3.25. The molecule has 2 rings (SSSR count). The van der Waals surface area contributed by atoms with E-state index in [2.05, 4.69) is 0 Å². The van der Waals surface area contributed by atoms with Gasteiger partial charge in [-0.25, -0.2) is 0 Å². The van der Waals surface area contributed by atoms with Crippen LogP contribution >= 0.6 is 0 Å². The Morgan fingerprint density at radius 2 is 1.94 bits per heavy atom. The predicted molar refractivity (Wildman–Crippen MR) is 54.8 cm³/mol. The first kappa shape index (κ1) is 11.9. The molecular formula is C11H10F3NO2. The summed E-state index contributed by atoms with van der Waals surface area (Å²) in [4.78, 5) is 10.0. The Kier molecular flexibility index (Phi) is 2.41. The largest absolute Gasteiger partial charge is 0.398 e. The van der Waals surface area contributed by atoms with Crippen molar-refractivity contribution < 1.29 is 18.1 Å². The highest BCUT2D eigenvalue weighted by atomic mass is 19.4. The van der Waals surface area contributed by atoms with Crippen LogP contribution in [0.2, 0.25) is 0 Å². The molecule has 1 aliphatic carbocycles. The molecule has 1 saturated carbocycles. The minimum Gasteiger partial charge on any atom is -0.258 e. The Bertz CT molecular complexity index is 478. The van der Waals surface area contributed by atoms with Crippen LogP contribution in [0.4, 0.5) is 18.9 Å². The van der Waals surface area contributed by atoms with E-state index in [0.29, 0.717) is 5.56 Å². The normalized spacial score (nSPS) is 17.9. The lowest BCUT2D eigenvalue weighted by molar-refractivity contribution is -0.385. The maximum atomic E-state index is 12.8. The van der Waals surface area contributed by atoms with Gasteiger partial charge in [-0.3, -0.25) is 10.1 Å². The molecule has 0 spiro atoms. The van der Waals surface area contributed by atoms with Gasteiger partial charge >= 0.3 is 6.18 Å². The Balaban J connectivity index is 2.48.